The van der Waals surface area contributed by atoms with Gasteiger partial charge in [0.15, 0.2) is 0 Å². The third kappa shape index (κ3) is 5.51. The number of benzene rings is 2. The zero-order chi connectivity index (χ0) is 26.6. The molecule has 1 heterocycles. The number of hydrogen-bond acceptors (Lipinski definition) is 7. The number of sulfonamides is 1. The number of para-hydroxylation sites is 2. The van der Waals surface area contributed by atoms with Crippen molar-refractivity contribution in [2.45, 2.75) is 25.4 Å². The number of rotatable bonds is 8. The molecule has 0 saturated carbocycles. The summed E-state index contributed by atoms with van der Waals surface area (Å²) in [6.07, 6.45) is 0.315. The molecule has 2 aromatic rings. The quantitative estimate of drug-likeness (QED) is 0.477. The van der Waals surface area contributed by atoms with Crippen molar-refractivity contribution in [2.24, 2.45) is 0 Å². The average Bonchev–Trinajstić information content (AvgIpc) is 2.94. The second-order valence-electron chi connectivity index (χ2n) is 7.99. The van der Waals surface area contributed by atoms with E-state index < -0.39 is 58.8 Å². The number of fused-ring (bicyclic) bond motifs is 1. The van der Waals surface area contributed by atoms with Crippen LogP contribution < -0.4 is 14.6 Å². The number of hydrazine groups is 1. The Hall–Kier alpha value is -4.26. The van der Waals surface area contributed by atoms with E-state index in [4.69, 9.17) is 0 Å². The Bertz CT molecular complexity index is 1300. The molecule has 1 aliphatic rings. The maximum atomic E-state index is 13.8. The summed E-state index contributed by atoms with van der Waals surface area (Å²) in [5.41, 5.74) is 0.109. The molecular weight excluding hydrogens is 492 g/mol. The maximum Gasteiger partial charge on any atom is 0.305 e. The van der Waals surface area contributed by atoms with Crippen LogP contribution in [-0.2, 0) is 29.2 Å². The minimum atomic E-state index is -4.00. The van der Waals surface area contributed by atoms with Crippen molar-refractivity contribution in [2.75, 3.05) is 22.1 Å². The van der Waals surface area contributed by atoms with Crippen molar-refractivity contribution >= 4 is 51.4 Å². The molecule has 2 N–H and O–H groups in total. The van der Waals surface area contributed by atoms with Crippen molar-refractivity contribution < 1.29 is 37.5 Å². The number of carbonyl (C=O) groups excluding carboxylic acids is 4. The lowest BCUT2D eigenvalue weighted by atomic mass is 10.1. The standard InChI is InChI=1S/C23H24N4O8S/c1-15(29)26(17(14-28)12-21(30)31)27-20-11-7-6-10-19(20)25(36(2,34)35)13-18(23(27)33)24-22(32)16-8-4-3-5-9-16/h3-11,14,17-18H,12-13H2,1-2H3,(H,24,32)(H,30,31)/t17-,18-/m0/s1. The van der Waals surface area contributed by atoms with Crippen molar-refractivity contribution in [3.8, 4) is 0 Å². The molecule has 0 aromatic heterocycles. The molecule has 190 valence electrons. The number of nitrogens with one attached hydrogen (secondary N) is 1. The first kappa shape index (κ1) is 26.3. The number of anilines is 2. The molecule has 0 aliphatic carbocycles. The van der Waals surface area contributed by atoms with Gasteiger partial charge in [-0.2, -0.15) is 0 Å². The third-order valence-corrected chi connectivity index (χ3v) is 6.52. The lowest BCUT2D eigenvalue weighted by Gasteiger charge is -2.38. The van der Waals surface area contributed by atoms with E-state index in [2.05, 4.69) is 5.32 Å². The van der Waals surface area contributed by atoms with Crippen LogP contribution in [0.15, 0.2) is 54.6 Å². The number of carbonyl (C=O) groups is 5. The van der Waals surface area contributed by atoms with Gasteiger partial charge in [-0.3, -0.25) is 23.5 Å². The molecule has 36 heavy (non-hydrogen) atoms. The van der Waals surface area contributed by atoms with Gasteiger partial charge in [-0.1, -0.05) is 30.3 Å². The van der Waals surface area contributed by atoms with Crippen LogP contribution in [0.1, 0.15) is 23.7 Å². The Kier molecular flexibility index (Phi) is 7.73. The maximum absolute atomic E-state index is 13.8. The van der Waals surface area contributed by atoms with Crippen LogP contribution in [0.4, 0.5) is 11.4 Å². The second-order valence-corrected chi connectivity index (χ2v) is 9.90. The summed E-state index contributed by atoms with van der Waals surface area (Å²) in [5, 5.41) is 13.2. The molecule has 0 radical (unpaired) electrons. The number of carboxylic acid groups (broad SMARTS) is 1. The Labute approximate surface area is 207 Å². The zero-order valence-electron chi connectivity index (χ0n) is 19.4. The average molecular weight is 517 g/mol. The van der Waals surface area contributed by atoms with Gasteiger partial charge < -0.3 is 15.2 Å². The van der Waals surface area contributed by atoms with Crippen LogP contribution in [0.3, 0.4) is 0 Å². The van der Waals surface area contributed by atoms with Crippen molar-refractivity contribution in [1.82, 2.24) is 10.3 Å². The number of aldehydes is 1. The van der Waals surface area contributed by atoms with Crippen LogP contribution in [0.2, 0.25) is 0 Å². The highest BCUT2D eigenvalue weighted by molar-refractivity contribution is 7.92. The van der Waals surface area contributed by atoms with Crippen molar-refractivity contribution in [3.05, 3.63) is 60.2 Å². The molecule has 0 unspecified atom stereocenters. The molecule has 0 saturated heterocycles. The van der Waals surface area contributed by atoms with E-state index in [9.17, 15) is 37.5 Å². The Morgan fingerprint density at radius 1 is 1.11 bits per heavy atom. The minimum Gasteiger partial charge on any atom is -0.481 e. The predicted molar refractivity (Wildman–Crippen MR) is 128 cm³/mol. The summed E-state index contributed by atoms with van der Waals surface area (Å²) in [6, 6.07) is 10.5. The van der Waals surface area contributed by atoms with E-state index in [0.717, 1.165) is 22.5 Å². The number of hydrogen-bond donors (Lipinski definition) is 2. The Balaban J connectivity index is 2.20. The fourth-order valence-corrected chi connectivity index (χ4v) is 4.76. The van der Waals surface area contributed by atoms with Crippen LogP contribution in [0, 0.1) is 0 Å². The third-order valence-electron chi connectivity index (χ3n) is 5.37. The van der Waals surface area contributed by atoms with Gasteiger partial charge in [-0.25, -0.2) is 18.4 Å². The van der Waals surface area contributed by atoms with E-state index >= 15 is 0 Å². The van der Waals surface area contributed by atoms with Crippen LogP contribution in [0.25, 0.3) is 0 Å². The van der Waals surface area contributed by atoms with Gasteiger partial charge in [-0.15, -0.1) is 0 Å². The van der Waals surface area contributed by atoms with E-state index in [0.29, 0.717) is 5.01 Å². The fourth-order valence-electron chi connectivity index (χ4n) is 3.83. The summed E-state index contributed by atoms with van der Waals surface area (Å²) in [6.45, 7) is 0.519. The molecule has 13 heteroatoms. The number of amides is 3. The van der Waals surface area contributed by atoms with Crippen LogP contribution in [0.5, 0.6) is 0 Å². The zero-order valence-corrected chi connectivity index (χ0v) is 20.2. The summed E-state index contributed by atoms with van der Waals surface area (Å²) in [5.74, 6) is -3.87. The van der Waals surface area contributed by atoms with Crippen LogP contribution >= 0.6 is 0 Å². The minimum absolute atomic E-state index is 0.00367. The molecule has 3 rings (SSSR count). The molecule has 0 bridgehead atoms. The van der Waals surface area contributed by atoms with Crippen molar-refractivity contribution in [1.29, 1.82) is 0 Å². The normalized spacial score (nSPS) is 16.4. The van der Waals surface area contributed by atoms with Crippen molar-refractivity contribution in [3.63, 3.8) is 0 Å². The van der Waals surface area contributed by atoms with Crippen LogP contribution in [-0.4, -0.2) is 73.4 Å². The molecule has 0 spiro atoms. The predicted octanol–water partition coefficient (Wildman–Crippen LogP) is 0.404. The second kappa shape index (κ2) is 10.6. The molecule has 12 nitrogen and oxygen atoms in total. The van der Waals surface area contributed by atoms with Gasteiger partial charge in [0.2, 0.25) is 15.9 Å². The largest absolute Gasteiger partial charge is 0.481 e. The highest BCUT2D eigenvalue weighted by Gasteiger charge is 2.43. The van der Waals surface area contributed by atoms with Gasteiger partial charge in [0.05, 0.1) is 30.6 Å². The lowest BCUT2D eigenvalue weighted by Crippen LogP contribution is -2.60. The SMILES string of the molecule is CC(=O)N([C@H](C=O)CC(=O)O)N1C(=O)[C@@H](NC(=O)c2ccccc2)CN(S(C)(=O)=O)c2ccccc21. The number of aliphatic carboxylic acids is 1. The highest BCUT2D eigenvalue weighted by atomic mass is 32.2. The lowest BCUT2D eigenvalue weighted by molar-refractivity contribution is -0.145. The molecule has 2 aromatic carbocycles. The van der Waals surface area contributed by atoms with Gasteiger partial charge in [0, 0.05) is 12.5 Å². The summed E-state index contributed by atoms with van der Waals surface area (Å²) >= 11 is 0. The smallest absolute Gasteiger partial charge is 0.305 e. The first-order valence-corrected chi connectivity index (χ1v) is 12.5. The topological polar surface area (TPSA) is 161 Å². The van der Waals surface area contributed by atoms with E-state index in [1.165, 1.54) is 36.4 Å². The Morgan fingerprint density at radius 3 is 2.22 bits per heavy atom. The first-order valence-electron chi connectivity index (χ1n) is 10.7. The summed E-state index contributed by atoms with van der Waals surface area (Å²) in [4.78, 5) is 62.6. The summed E-state index contributed by atoms with van der Waals surface area (Å²) < 4.78 is 26.4. The molecular formula is C23H24N4O8S. The van der Waals surface area contributed by atoms with Gasteiger partial charge in [0.25, 0.3) is 11.8 Å². The van der Waals surface area contributed by atoms with Gasteiger partial charge in [0.1, 0.15) is 18.4 Å². The number of nitrogens with zero attached hydrogens (tertiary/aromatic N) is 3. The fraction of sp³-hybridized carbons (Fsp3) is 0.261. The molecule has 1 aliphatic heterocycles. The van der Waals surface area contributed by atoms with E-state index in [1.807, 2.05) is 0 Å². The first-order chi connectivity index (χ1) is 17.0. The van der Waals surface area contributed by atoms with E-state index in [1.54, 1.807) is 18.2 Å². The monoisotopic (exact) mass is 516 g/mol. The molecule has 0 fully saturated rings. The van der Waals surface area contributed by atoms with E-state index in [-0.39, 0.29) is 23.2 Å². The number of carboxylic acids is 1. The summed E-state index contributed by atoms with van der Waals surface area (Å²) in [7, 11) is -4.00. The highest BCUT2D eigenvalue weighted by Crippen LogP contribution is 2.36. The van der Waals surface area contributed by atoms with Gasteiger partial charge in [-0.05, 0) is 24.3 Å². The molecule has 2 atom stereocenters. The van der Waals surface area contributed by atoms with Gasteiger partial charge >= 0.3 is 5.97 Å². The Morgan fingerprint density at radius 2 is 1.69 bits per heavy atom. The molecule has 3 amide bonds.